The topological polar surface area (TPSA) is 3.24 Å². The molecule has 0 aromatic heterocycles. The van der Waals surface area contributed by atoms with E-state index < -0.39 is 0 Å². The van der Waals surface area contributed by atoms with Gasteiger partial charge in [0.1, 0.15) is 0 Å². The third-order valence-corrected chi connectivity index (χ3v) is 3.64. The Bertz CT molecular complexity index is 149. The molecule has 1 aliphatic heterocycles. The Labute approximate surface area is 89.9 Å². The van der Waals surface area contributed by atoms with Gasteiger partial charge in [0.05, 0.1) is 0 Å². The minimum Gasteiger partial charge on any atom is -0.303 e. The number of likely N-dealkylation sites (tertiary alicyclic amines) is 1. The SMILES string of the molecule is CCCCN1CCC(C(C)(C)C)CC1. The molecular weight excluding hydrogens is 170 g/mol. The summed E-state index contributed by atoms with van der Waals surface area (Å²) >= 11 is 0. The van der Waals surface area contributed by atoms with Gasteiger partial charge in [0.15, 0.2) is 0 Å². The molecule has 0 aliphatic carbocycles. The van der Waals surface area contributed by atoms with E-state index in [0.29, 0.717) is 5.41 Å². The van der Waals surface area contributed by atoms with Crippen molar-refractivity contribution in [2.75, 3.05) is 19.6 Å². The fourth-order valence-corrected chi connectivity index (χ4v) is 2.40. The summed E-state index contributed by atoms with van der Waals surface area (Å²) in [5.41, 5.74) is 0.525. The maximum Gasteiger partial charge on any atom is -0.00159 e. The molecule has 1 heteroatoms. The van der Waals surface area contributed by atoms with Crippen LogP contribution >= 0.6 is 0 Å². The summed E-state index contributed by atoms with van der Waals surface area (Å²) in [6.45, 7) is 13.4. The second kappa shape index (κ2) is 5.16. The molecule has 1 nitrogen and oxygen atoms in total. The van der Waals surface area contributed by atoms with Crippen molar-refractivity contribution in [2.24, 2.45) is 11.3 Å². The van der Waals surface area contributed by atoms with Crippen molar-refractivity contribution in [2.45, 2.75) is 53.4 Å². The number of hydrogen-bond acceptors (Lipinski definition) is 1. The van der Waals surface area contributed by atoms with Gasteiger partial charge in [-0.2, -0.15) is 0 Å². The minimum atomic E-state index is 0.525. The summed E-state index contributed by atoms with van der Waals surface area (Å²) < 4.78 is 0. The van der Waals surface area contributed by atoms with Gasteiger partial charge in [-0.05, 0) is 50.2 Å². The number of hydrogen-bond donors (Lipinski definition) is 0. The molecule has 0 amide bonds. The molecule has 1 aliphatic rings. The van der Waals surface area contributed by atoms with Crippen molar-refractivity contribution in [1.82, 2.24) is 4.90 Å². The van der Waals surface area contributed by atoms with Crippen molar-refractivity contribution in [3.05, 3.63) is 0 Å². The molecule has 0 N–H and O–H groups in total. The monoisotopic (exact) mass is 197 g/mol. The Morgan fingerprint density at radius 3 is 2.14 bits per heavy atom. The summed E-state index contributed by atoms with van der Waals surface area (Å²) in [6.07, 6.45) is 5.53. The Hall–Kier alpha value is -0.0400. The van der Waals surface area contributed by atoms with Crippen LogP contribution in [0.25, 0.3) is 0 Å². The van der Waals surface area contributed by atoms with E-state index in [1.807, 2.05) is 0 Å². The normalized spacial score (nSPS) is 21.4. The highest BCUT2D eigenvalue weighted by Crippen LogP contribution is 2.34. The van der Waals surface area contributed by atoms with E-state index in [0.717, 1.165) is 5.92 Å². The second-order valence-corrected chi connectivity index (χ2v) is 5.84. The Balaban J connectivity index is 2.24. The smallest absolute Gasteiger partial charge is 0.00159 e. The zero-order valence-corrected chi connectivity index (χ0v) is 10.5. The van der Waals surface area contributed by atoms with Gasteiger partial charge >= 0.3 is 0 Å². The number of piperidine rings is 1. The molecule has 84 valence electrons. The quantitative estimate of drug-likeness (QED) is 0.669. The van der Waals surface area contributed by atoms with E-state index in [-0.39, 0.29) is 0 Å². The van der Waals surface area contributed by atoms with Crippen LogP contribution in [0.3, 0.4) is 0 Å². The first kappa shape index (κ1) is 12.0. The summed E-state index contributed by atoms with van der Waals surface area (Å²) in [5, 5.41) is 0. The summed E-state index contributed by atoms with van der Waals surface area (Å²) in [4.78, 5) is 2.64. The summed E-state index contributed by atoms with van der Waals surface area (Å²) in [5.74, 6) is 0.945. The first-order valence-corrected chi connectivity index (χ1v) is 6.26. The Kier molecular flexibility index (Phi) is 4.43. The number of nitrogens with zero attached hydrogens (tertiary/aromatic N) is 1. The van der Waals surface area contributed by atoms with Gasteiger partial charge in [0.25, 0.3) is 0 Å². The van der Waals surface area contributed by atoms with Crippen molar-refractivity contribution in [3.8, 4) is 0 Å². The number of unbranched alkanes of at least 4 members (excludes halogenated alkanes) is 1. The maximum atomic E-state index is 2.64. The lowest BCUT2D eigenvalue weighted by Gasteiger charge is -2.38. The highest BCUT2D eigenvalue weighted by Gasteiger charge is 2.28. The van der Waals surface area contributed by atoms with Gasteiger partial charge in [-0.3, -0.25) is 0 Å². The molecule has 0 aromatic carbocycles. The van der Waals surface area contributed by atoms with Crippen LogP contribution in [0.15, 0.2) is 0 Å². The van der Waals surface area contributed by atoms with E-state index in [2.05, 4.69) is 32.6 Å². The van der Waals surface area contributed by atoms with Crippen LogP contribution in [0.1, 0.15) is 53.4 Å². The molecule has 1 heterocycles. The van der Waals surface area contributed by atoms with E-state index >= 15 is 0 Å². The van der Waals surface area contributed by atoms with Gasteiger partial charge in [-0.1, -0.05) is 34.1 Å². The third-order valence-electron chi connectivity index (χ3n) is 3.64. The van der Waals surface area contributed by atoms with Crippen LogP contribution in [0.4, 0.5) is 0 Å². The van der Waals surface area contributed by atoms with Gasteiger partial charge in [0.2, 0.25) is 0 Å². The molecule has 1 fully saturated rings. The second-order valence-electron chi connectivity index (χ2n) is 5.84. The summed E-state index contributed by atoms with van der Waals surface area (Å²) in [6, 6.07) is 0. The van der Waals surface area contributed by atoms with E-state index in [4.69, 9.17) is 0 Å². The molecule has 0 bridgehead atoms. The highest BCUT2D eigenvalue weighted by molar-refractivity contribution is 4.80. The standard InChI is InChI=1S/C13H27N/c1-5-6-9-14-10-7-12(8-11-14)13(2,3)4/h12H,5-11H2,1-4H3. The minimum absolute atomic E-state index is 0.525. The van der Waals surface area contributed by atoms with Gasteiger partial charge in [0, 0.05) is 0 Å². The van der Waals surface area contributed by atoms with Crippen LogP contribution in [0.2, 0.25) is 0 Å². The van der Waals surface area contributed by atoms with Crippen molar-refractivity contribution >= 4 is 0 Å². The lowest BCUT2D eigenvalue weighted by Crippen LogP contribution is -2.38. The van der Waals surface area contributed by atoms with E-state index in [9.17, 15) is 0 Å². The van der Waals surface area contributed by atoms with Crippen molar-refractivity contribution in [1.29, 1.82) is 0 Å². The number of rotatable bonds is 3. The van der Waals surface area contributed by atoms with Gasteiger partial charge in [-0.25, -0.2) is 0 Å². The molecule has 1 saturated heterocycles. The van der Waals surface area contributed by atoms with Crippen molar-refractivity contribution in [3.63, 3.8) is 0 Å². The average Bonchev–Trinajstić information content (AvgIpc) is 2.14. The van der Waals surface area contributed by atoms with Crippen LogP contribution < -0.4 is 0 Å². The predicted molar refractivity (Wildman–Crippen MR) is 63.5 cm³/mol. The lowest BCUT2D eigenvalue weighted by atomic mass is 9.75. The van der Waals surface area contributed by atoms with Crippen LogP contribution in [-0.4, -0.2) is 24.5 Å². The predicted octanol–water partition coefficient (Wildman–Crippen LogP) is 3.54. The molecule has 0 atom stereocenters. The Morgan fingerprint density at radius 2 is 1.71 bits per heavy atom. The molecule has 0 unspecified atom stereocenters. The molecule has 1 rings (SSSR count). The lowest BCUT2D eigenvalue weighted by molar-refractivity contribution is 0.111. The zero-order valence-electron chi connectivity index (χ0n) is 10.5. The van der Waals surface area contributed by atoms with Crippen LogP contribution in [0, 0.1) is 11.3 Å². The molecule has 14 heavy (non-hydrogen) atoms. The highest BCUT2D eigenvalue weighted by atomic mass is 15.1. The van der Waals surface area contributed by atoms with Gasteiger partial charge in [-0.15, -0.1) is 0 Å². The fourth-order valence-electron chi connectivity index (χ4n) is 2.40. The van der Waals surface area contributed by atoms with Gasteiger partial charge < -0.3 is 4.90 Å². The molecule has 0 radical (unpaired) electrons. The van der Waals surface area contributed by atoms with Crippen LogP contribution in [-0.2, 0) is 0 Å². The molecule has 0 saturated carbocycles. The van der Waals surface area contributed by atoms with Crippen molar-refractivity contribution < 1.29 is 0 Å². The average molecular weight is 197 g/mol. The van der Waals surface area contributed by atoms with Crippen LogP contribution in [0.5, 0.6) is 0 Å². The summed E-state index contributed by atoms with van der Waals surface area (Å²) in [7, 11) is 0. The molecule has 0 spiro atoms. The fraction of sp³-hybridized carbons (Fsp3) is 1.00. The first-order valence-electron chi connectivity index (χ1n) is 6.26. The van der Waals surface area contributed by atoms with E-state index in [1.165, 1.54) is 45.3 Å². The molecular formula is C13H27N. The maximum absolute atomic E-state index is 2.64. The Morgan fingerprint density at radius 1 is 1.14 bits per heavy atom. The zero-order chi connectivity index (χ0) is 10.6. The first-order chi connectivity index (χ1) is 6.54. The van der Waals surface area contributed by atoms with E-state index in [1.54, 1.807) is 0 Å². The third kappa shape index (κ3) is 3.61. The largest absolute Gasteiger partial charge is 0.303 e. The molecule has 0 aromatic rings.